The summed E-state index contributed by atoms with van der Waals surface area (Å²) in [6.45, 7) is 7.02. The van der Waals surface area contributed by atoms with Crippen LogP contribution < -0.4 is 5.32 Å². The van der Waals surface area contributed by atoms with E-state index in [0.717, 1.165) is 39.7 Å². The number of ether oxygens (including phenoxy) is 1. The Balaban J connectivity index is 1.78. The molecule has 7 heteroatoms. The lowest BCUT2D eigenvalue weighted by Crippen LogP contribution is -2.39. The van der Waals surface area contributed by atoms with Crippen molar-refractivity contribution in [3.63, 3.8) is 0 Å². The maximum atomic E-state index is 12.7. The fourth-order valence-corrected chi connectivity index (χ4v) is 4.82. The predicted octanol–water partition coefficient (Wildman–Crippen LogP) is 4.34. The minimum Gasteiger partial charge on any atom is -0.508 e. The van der Waals surface area contributed by atoms with Crippen LogP contribution in [-0.4, -0.2) is 42.2 Å². The van der Waals surface area contributed by atoms with Crippen LogP contribution in [0.3, 0.4) is 0 Å². The molecule has 0 aliphatic carbocycles. The number of phenols is 1. The van der Waals surface area contributed by atoms with Gasteiger partial charge in [0.05, 0.1) is 25.5 Å². The van der Waals surface area contributed by atoms with Crippen LogP contribution in [0.15, 0.2) is 47.1 Å². The van der Waals surface area contributed by atoms with E-state index in [-0.39, 0.29) is 23.5 Å². The summed E-state index contributed by atoms with van der Waals surface area (Å²) in [7, 11) is 0. The van der Waals surface area contributed by atoms with E-state index < -0.39 is 0 Å². The van der Waals surface area contributed by atoms with Crippen LogP contribution in [-0.2, 0) is 4.74 Å². The molecule has 29 heavy (non-hydrogen) atoms. The normalized spacial score (nSPS) is 15.9. The van der Waals surface area contributed by atoms with Crippen molar-refractivity contribution >= 4 is 22.2 Å². The van der Waals surface area contributed by atoms with Crippen molar-refractivity contribution in [2.45, 2.75) is 19.9 Å². The molecule has 0 unspecified atom stereocenters. The molecule has 6 nitrogen and oxygen atoms in total. The van der Waals surface area contributed by atoms with Crippen molar-refractivity contribution in [1.29, 1.82) is 0 Å². The summed E-state index contributed by atoms with van der Waals surface area (Å²) in [5, 5.41) is 13.9. The number of aryl methyl sites for hydroxylation is 1. The summed E-state index contributed by atoms with van der Waals surface area (Å²) < 4.78 is 10.8. The molecule has 3 heterocycles. The van der Waals surface area contributed by atoms with Gasteiger partial charge in [0.2, 0.25) is 0 Å². The van der Waals surface area contributed by atoms with Gasteiger partial charge in [-0.05, 0) is 49.2 Å². The summed E-state index contributed by atoms with van der Waals surface area (Å²) in [5.41, 5.74) is 3.19. The molecule has 0 radical (unpaired) electrons. The molecular formula is C22H24N2O4S. The number of carbonyl (C=O) groups excluding carboxylic acids is 1. The number of phenolic OH excluding ortho intramolecular Hbond substituents is 1. The Kier molecular flexibility index (Phi) is 5.71. The van der Waals surface area contributed by atoms with Gasteiger partial charge >= 0.3 is 0 Å². The van der Waals surface area contributed by atoms with Crippen molar-refractivity contribution in [2.24, 2.45) is 0 Å². The highest BCUT2D eigenvalue weighted by molar-refractivity contribution is 7.16. The second kappa shape index (κ2) is 8.41. The number of furan rings is 1. The van der Waals surface area contributed by atoms with Crippen molar-refractivity contribution < 1.29 is 19.1 Å². The Labute approximate surface area is 173 Å². The molecule has 1 aromatic carbocycles. The maximum Gasteiger partial charge on any atom is 0.291 e. The molecule has 4 rings (SSSR count). The monoisotopic (exact) mass is 412 g/mol. The third-order valence-electron chi connectivity index (χ3n) is 5.27. The SMILES string of the molecule is Cc1sc(NC(=O)c2ccco2)c([C@H](c2cccc(O)c2)N2CCOCC2)c1C. The average Bonchev–Trinajstić information content (AvgIpc) is 3.34. The Morgan fingerprint density at radius 3 is 2.69 bits per heavy atom. The van der Waals surface area contributed by atoms with Gasteiger partial charge in [-0.25, -0.2) is 0 Å². The van der Waals surface area contributed by atoms with Gasteiger partial charge in [0, 0.05) is 23.5 Å². The maximum absolute atomic E-state index is 12.7. The van der Waals surface area contributed by atoms with Gasteiger partial charge in [-0.2, -0.15) is 0 Å². The van der Waals surface area contributed by atoms with Crippen LogP contribution in [0.2, 0.25) is 0 Å². The number of rotatable bonds is 5. The van der Waals surface area contributed by atoms with E-state index >= 15 is 0 Å². The highest BCUT2D eigenvalue weighted by Crippen LogP contribution is 2.43. The first kappa shape index (κ1) is 19.7. The van der Waals surface area contributed by atoms with Gasteiger partial charge in [0.15, 0.2) is 5.76 Å². The van der Waals surface area contributed by atoms with Crippen LogP contribution >= 0.6 is 11.3 Å². The minimum atomic E-state index is -0.269. The lowest BCUT2D eigenvalue weighted by Gasteiger charge is -2.35. The number of anilines is 1. The molecule has 1 aliphatic heterocycles. The number of aromatic hydroxyl groups is 1. The largest absolute Gasteiger partial charge is 0.508 e. The number of carbonyl (C=O) groups is 1. The van der Waals surface area contributed by atoms with Gasteiger partial charge in [-0.15, -0.1) is 11.3 Å². The number of amides is 1. The van der Waals surface area contributed by atoms with Crippen molar-refractivity contribution in [3.8, 4) is 5.75 Å². The second-order valence-corrected chi connectivity index (χ2v) is 8.33. The number of nitrogens with one attached hydrogen (secondary N) is 1. The highest BCUT2D eigenvalue weighted by Gasteiger charge is 2.31. The topological polar surface area (TPSA) is 74.9 Å². The van der Waals surface area contributed by atoms with Crippen molar-refractivity contribution in [2.75, 3.05) is 31.6 Å². The highest BCUT2D eigenvalue weighted by atomic mass is 32.1. The molecule has 0 bridgehead atoms. The third kappa shape index (κ3) is 4.07. The number of benzene rings is 1. The summed E-state index contributed by atoms with van der Waals surface area (Å²) >= 11 is 1.56. The lowest BCUT2D eigenvalue weighted by atomic mass is 9.94. The van der Waals surface area contributed by atoms with E-state index in [1.54, 1.807) is 35.6 Å². The zero-order valence-electron chi connectivity index (χ0n) is 16.5. The predicted molar refractivity (Wildman–Crippen MR) is 113 cm³/mol. The summed E-state index contributed by atoms with van der Waals surface area (Å²) in [4.78, 5) is 16.2. The van der Waals surface area contributed by atoms with E-state index in [1.807, 2.05) is 12.1 Å². The average molecular weight is 413 g/mol. The molecule has 1 amide bonds. The zero-order chi connectivity index (χ0) is 20.4. The molecule has 0 saturated carbocycles. The quantitative estimate of drug-likeness (QED) is 0.652. The van der Waals surface area contributed by atoms with Crippen LogP contribution in [0.5, 0.6) is 5.75 Å². The summed E-state index contributed by atoms with van der Waals surface area (Å²) in [5.74, 6) is 0.237. The first-order valence-corrected chi connectivity index (χ1v) is 10.4. The minimum absolute atomic E-state index is 0.0946. The smallest absolute Gasteiger partial charge is 0.291 e. The van der Waals surface area contributed by atoms with Gasteiger partial charge < -0.3 is 19.6 Å². The Morgan fingerprint density at radius 1 is 1.21 bits per heavy atom. The van der Waals surface area contributed by atoms with Crippen LogP contribution in [0, 0.1) is 13.8 Å². The Morgan fingerprint density at radius 2 is 2.00 bits per heavy atom. The molecule has 3 aromatic rings. The molecular weight excluding hydrogens is 388 g/mol. The molecule has 2 N–H and O–H groups in total. The Hall–Kier alpha value is -2.61. The van der Waals surface area contributed by atoms with E-state index in [2.05, 4.69) is 24.1 Å². The number of thiophene rings is 1. The van der Waals surface area contributed by atoms with E-state index in [0.29, 0.717) is 13.2 Å². The molecule has 1 atom stereocenters. The Bertz CT molecular complexity index is 990. The number of hydrogen-bond acceptors (Lipinski definition) is 6. The first-order chi connectivity index (χ1) is 14.0. The standard InChI is InChI=1S/C22H24N2O4S/c1-14-15(2)29-22(23-21(26)18-7-4-10-28-18)19(14)20(24-8-11-27-12-9-24)16-5-3-6-17(25)13-16/h3-7,10,13,20,25H,8-9,11-12H2,1-2H3,(H,23,26)/t20-/m0/s1. The molecule has 1 aliphatic rings. The van der Waals surface area contributed by atoms with Crippen LogP contribution in [0.25, 0.3) is 0 Å². The molecule has 0 spiro atoms. The second-order valence-electron chi connectivity index (χ2n) is 7.10. The number of hydrogen-bond donors (Lipinski definition) is 2. The molecule has 1 saturated heterocycles. The summed E-state index contributed by atoms with van der Waals surface area (Å²) in [6.07, 6.45) is 1.49. The van der Waals surface area contributed by atoms with Gasteiger partial charge in [-0.3, -0.25) is 9.69 Å². The zero-order valence-corrected chi connectivity index (χ0v) is 17.3. The van der Waals surface area contributed by atoms with Crippen LogP contribution in [0.4, 0.5) is 5.00 Å². The van der Waals surface area contributed by atoms with Gasteiger partial charge in [0.1, 0.15) is 10.8 Å². The number of nitrogens with zero attached hydrogens (tertiary/aromatic N) is 1. The van der Waals surface area contributed by atoms with E-state index in [1.165, 1.54) is 6.26 Å². The van der Waals surface area contributed by atoms with Crippen molar-refractivity contribution in [1.82, 2.24) is 4.90 Å². The van der Waals surface area contributed by atoms with Crippen LogP contribution in [0.1, 0.15) is 38.2 Å². The fraction of sp³-hybridized carbons (Fsp3) is 0.318. The van der Waals surface area contributed by atoms with E-state index in [4.69, 9.17) is 9.15 Å². The van der Waals surface area contributed by atoms with Gasteiger partial charge in [-0.1, -0.05) is 12.1 Å². The molecule has 1 fully saturated rings. The van der Waals surface area contributed by atoms with Crippen molar-refractivity contribution in [3.05, 3.63) is 70.0 Å². The molecule has 2 aromatic heterocycles. The first-order valence-electron chi connectivity index (χ1n) is 9.60. The van der Waals surface area contributed by atoms with Gasteiger partial charge in [0.25, 0.3) is 5.91 Å². The third-order valence-corrected chi connectivity index (χ3v) is 6.41. The summed E-state index contributed by atoms with van der Waals surface area (Å²) in [6, 6.07) is 10.6. The lowest BCUT2D eigenvalue weighted by molar-refractivity contribution is 0.0240. The fourth-order valence-electron chi connectivity index (χ4n) is 3.73. The molecule has 152 valence electrons. The number of morpholine rings is 1. The van der Waals surface area contributed by atoms with E-state index in [9.17, 15) is 9.90 Å².